The molecule has 3 heterocycles. The lowest BCUT2D eigenvalue weighted by Gasteiger charge is -2.22. The van der Waals surface area contributed by atoms with E-state index in [4.69, 9.17) is 4.98 Å². The molecule has 1 fully saturated rings. The number of rotatable bonds is 6. The molecule has 178 valence electrons. The number of nitrogens with one attached hydrogen (secondary N) is 2. The summed E-state index contributed by atoms with van der Waals surface area (Å²) >= 11 is 1.41. The Kier molecular flexibility index (Phi) is 6.43. The number of fused-ring (bicyclic) bond motifs is 1. The summed E-state index contributed by atoms with van der Waals surface area (Å²) in [6.07, 6.45) is -2.99. The molecule has 0 aromatic carbocycles. The summed E-state index contributed by atoms with van der Waals surface area (Å²) in [7, 11) is 0. The molecule has 4 atom stereocenters. The van der Waals surface area contributed by atoms with Crippen LogP contribution in [0.5, 0.6) is 0 Å². The minimum atomic E-state index is -4.42. The largest absolute Gasteiger partial charge is 0.405 e. The molecular weight excluding hydrogens is 457 g/mol. The Hall–Kier alpha value is -2.57. The van der Waals surface area contributed by atoms with Crippen LogP contribution in [0.1, 0.15) is 24.7 Å². The third kappa shape index (κ3) is 4.87. The van der Waals surface area contributed by atoms with Gasteiger partial charge in [0.15, 0.2) is 0 Å². The maximum absolute atomic E-state index is 12.7. The zero-order valence-corrected chi connectivity index (χ0v) is 19.1. The first-order valence-corrected chi connectivity index (χ1v) is 11.4. The molecular formula is C21H25F3N6O2S. The number of aryl methyl sites for hydroxylation is 2. The van der Waals surface area contributed by atoms with Gasteiger partial charge < -0.3 is 20.8 Å². The summed E-state index contributed by atoms with van der Waals surface area (Å²) in [5.41, 5.74) is 2.50. The normalized spacial score (nSPS) is 23.3. The summed E-state index contributed by atoms with van der Waals surface area (Å²) in [6.45, 7) is 4.06. The van der Waals surface area contributed by atoms with Crippen LogP contribution in [0, 0.1) is 25.7 Å². The molecule has 4 rings (SSSR count). The van der Waals surface area contributed by atoms with Crippen LogP contribution < -0.4 is 10.6 Å². The number of halogens is 3. The maximum Gasteiger partial charge on any atom is 0.405 e. The van der Waals surface area contributed by atoms with Gasteiger partial charge in [0, 0.05) is 12.8 Å². The number of pyridine rings is 1. The smallest absolute Gasteiger partial charge is 0.396 e. The Morgan fingerprint density at radius 3 is 2.58 bits per heavy atom. The minimum absolute atomic E-state index is 0.0609. The first-order valence-electron chi connectivity index (χ1n) is 10.5. The van der Waals surface area contributed by atoms with E-state index < -0.39 is 24.9 Å². The summed E-state index contributed by atoms with van der Waals surface area (Å²) in [5.74, 6) is -0.123. The molecule has 1 aliphatic rings. The van der Waals surface area contributed by atoms with Crippen molar-refractivity contribution >= 4 is 33.3 Å². The second kappa shape index (κ2) is 8.99. The summed E-state index contributed by atoms with van der Waals surface area (Å²) in [5, 5.41) is 26.3. The number of hydrogen-bond donors (Lipinski definition) is 4. The highest BCUT2D eigenvalue weighted by Crippen LogP contribution is 2.39. The quantitative estimate of drug-likeness (QED) is 0.422. The number of anilines is 2. The maximum atomic E-state index is 12.7. The van der Waals surface area contributed by atoms with Crippen LogP contribution in [0.25, 0.3) is 20.8 Å². The molecule has 3 aromatic heterocycles. The predicted molar refractivity (Wildman–Crippen MR) is 120 cm³/mol. The van der Waals surface area contributed by atoms with Gasteiger partial charge in [0.05, 0.1) is 33.8 Å². The SMILES string of the molecule is Cc1nc(NCC(F)(F)F)nc(N[C@@H]2C[C@H](CO)[C@@H](C)[C@H]2O)c1-c1nc2c(C)nccc2s1. The van der Waals surface area contributed by atoms with Gasteiger partial charge in [-0.3, -0.25) is 4.98 Å². The number of aromatic nitrogens is 4. The molecule has 0 unspecified atom stereocenters. The van der Waals surface area contributed by atoms with Crippen molar-refractivity contribution in [1.82, 2.24) is 19.9 Å². The molecule has 4 N–H and O–H groups in total. The zero-order valence-electron chi connectivity index (χ0n) is 18.3. The molecule has 3 aromatic rings. The second-order valence-electron chi connectivity index (χ2n) is 8.37. The van der Waals surface area contributed by atoms with Gasteiger partial charge in [-0.2, -0.15) is 18.2 Å². The van der Waals surface area contributed by atoms with Crippen LogP contribution in [0.3, 0.4) is 0 Å². The van der Waals surface area contributed by atoms with Gasteiger partial charge in [0.2, 0.25) is 5.95 Å². The predicted octanol–water partition coefficient (Wildman–Crippen LogP) is 3.53. The Labute approximate surface area is 192 Å². The lowest BCUT2D eigenvalue weighted by Crippen LogP contribution is -2.32. The van der Waals surface area contributed by atoms with E-state index in [0.29, 0.717) is 22.7 Å². The molecule has 0 saturated heterocycles. The molecule has 12 heteroatoms. The van der Waals surface area contributed by atoms with Gasteiger partial charge >= 0.3 is 6.18 Å². The fraction of sp³-hybridized carbons (Fsp3) is 0.524. The highest BCUT2D eigenvalue weighted by molar-refractivity contribution is 7.21. The lowest BCUT2D eigenvalue weighted by atomic mass is 9.98. The molecule has 0 spiro atoms. The van der Waals surface area contributed by atoms with Crippen molar-refractivity contribution in [3.63, 3.8) is 0 Å². The highest BCUT2D eigenvalue weighted by atomic mass is 32.1. The number of alkyl halides is 3. The summed E-state index contributed by atoms with van der Waals surface area (Å²) < 4.78 is 39.1. The van der Waals surface area contributed by atoms with Crippen LogP contribution in [0.4, 0.5) is 24.9 Å². The highest BCUT2D eigenvalue weighted by Gasteiger charge is 2.40. The Morgan fingerprint density at radius 1 is 1.18 bits per heavy atom. The minimum Gasteiger partial charge on any atom is -0.396 e. The van der Waals surface area contributed by atoms with Crippen molar-refractivity contribution < 1.29 is 23.4 Å². The third-order valence-corrected chi connectivity index (χ3v) is 7.09. The van der Waals surface area contributed by atoms with Crippen LogP contribution in [-0.4, -0.2) is 61.6 Å². The molecule has 1 saturated carbocycles. The Morgan fingerprint density at radius 2 is 1.94 bits per heavy atom. The van der Waals surface area contributed by atoms with E-state index in [0.717, 1.165) is 15.9 Å². The monoisotopic (exact) mass is 482 g/mol. The van der Waals surface area contributed by atoms with E-state index >= 15 is 0 Å². The van der Waals surface area contributed by atoms with E-state index in [1.54, 1.807) is 13.1 Å². The molecule has 0 amide bonds. The van der Waals surface area contributed by atoms with Gasteiger partial charge in [-0.25, -0.2) is 9.97 Å². The molecule has 0 bridgehead atoms. The fourth-order valence-electron chi connectivity index (χ4n) is 4.17. The van der Waals surface area contributed by atoms with E-state index in [-0.39, 0.29) is 30.2 Å². The number of nitrogens with zero attached hydrogens (tertiary/aromatic N) is 4. The third-order valence-electron chi connectivity index (χ3n) is 6.05. The van der Waals surface area contributed by atoms with Crippen LogP contribution >= 0.6 is 11.3 Å². The van der Waals surface area contributed by atoms with Gasteiger partial charge in [0.1, 0.15) is 22.9 Å². The van der Waals surface area contributed by atoms with Crippen molar-refractivity contribution in [2.45, 2.75) is 45.5 Å². The molecule has 33 heavy (non-hydrogen) atoms. The first kappa shape index (κ1) is 23.6. The van der Waals surface area contributed by atoms with E-state index in [1.165, 1.54) is 11.3 Å². The Balaban J connectivity index is 1.76. The molecule has 1 aliphatic carbocycles. The van der Waals surface area contributed by atoms with Crippen molar-refractivity contribution in [1.29, 1.82) is 0 Å². The van der Waals surface area contributed by atoms with Crippen molar-refractivity contribution in [3.05, 3.63) is 23.7 Å². The lowest BCUT2D eigenvalue weighted by molar-refractivity contribution is -0.115. The van der Waals surface area contributed by atoms with Crippen LogP contribution in [0.2, 0.25) is 0 Å². The average molecular weight is 483 g/mol. The van der Waals surface area contributed by atoms with E-state index in [1.807, 2.05) is 19.9 Å². The topological polar surface area (TPSA) is 116 Å². The number of aliphatic hydroxyl groups is 2. The van der Waals surface area contributed by atoms with E-state index in [2.05, 4.69) is 25.6 Å². The number of aliphatic hydroxyl groups excluding tert-OH is 2. The van der Waals surface area contributed by atoms with Gasteiger partial charge in [-0.15, -0.1) is 11.3 Å². The van der Waals surface area contributed by atoms with Crippen LogP contribution in [0.15, 0.2) is 12.3 Å². The zero-order chi connectivity index (χ0) is 23.9. The standard InChI is InChI=1S/C21H25F3N6O2S/c1-9-12(7-31)6-13(17(9)32)28-18-15(10(2)27-20(30-18)26-8-21(22,23)24)19-29-16-11(3)25-5-4-14(16)33-19/h4-5,9,12-13,17,31-32H,6-8H2,1-3H3,(H2,26,27,28,30)/t9-,12-,13-,17-/m1/s1. The first-order chi connectivity index (χ1) is 15.6. The Bertz CT molecular complexity index is 1150. The average Bonchev–Trinajstić information content (AvgIpc) is 3.29. The number of hydrogen-bond acceptors (Lipinski definition) is 9. The number of thiazole rings is 1. The molecule has 8 nitrogen and oxygen atoms in total. The second-order valence-corrected chi connectivity index (χ2v) is 9.40. The van der Waals surface area contributed by atoms with Gasteiger partial charge in [-0.1, -0.05) is 6.92 Å². The van der Waals surface area contributed by atoms with Crippen molar-refractivity contribution in [2.24, 2.45) is 11.8 Å². The van der Waals surface area contributed by atoms with Crippen LogP contribution in [-0.2, 0) is 0 Å². The van der Waals surface area contributed by atoms with Crippen molar-refractivity contribution in [2.75, 3.05) is 23.8 Å². The van der Waals surface area contributed by atoms with Crippen molar-refractivity contribution in [3.8, 4) is 10.6 Å². The summed E-state index contributed by atoms with van der Waals surface area (Å²) in [6, 6.07) is 1.42. The molecule has 0 aliphatic heterocycles. The van der Waals surface area contributed by atoms with E-state index in [9.17, 15) is 23.4 Å². The summed E-state index contributed by atoms with van der Waals surface area (Å²) in [4.78, 5) is 17.5. The van der Waals surface area contributed by atoms with Gasteiger partial charge in [-0.05, 0) is 38.2 Å². The van der Waals surface area contributed by atoms with Gasteiger partial charge in [0.25, 0.3) is 0 Å². The fourth-order valence-corrected chi connectivity index (χ4v) is 5.28. The molecule has 0 radical (unpaired) electrons.